The number of hydrogen-bond donors (Lipinski definition) is 0. The minimum atomic E-state index is -0.344. The van der Waals surface area contributed by atoms with Crippen molar-refractivity contribution >= 4 is 39.6 Å². The molecule has 0 aliphatic carbocycles. The van der Waals surface area contributed by atoms with Crippen molar-refractivity contribution < 1.29 is 9.53 Å². The zero-order valence-electron chi connectivity index (χ0n) is 8.87. The third kappa shape index (κ3) is 3.99. The number of carbonyl (C=O) groups is 1. The average molecular weight is 304 g/mol. The van der Waals surface area contributed by atoms with Crippen molar-refractivity contribution in [3.63, 3.8) is 0 Å². The van der Waals surface area contributed by atoms with Gasteiger partial charge in [-0.1, -0.05) is 33.6 Å². The number of esters is 1. The van der Waals surface area contributed by atoms with E-state index in [2.05, 4.69) is 15.9 Å². The van der Waals surface area contributed by atoms with Crippen molar-refractivity contribution in [1.29, 1.82) is 0 Å². The van der Waals surface area contributed by atoms with Crippen LogP contribution in [0.2, 0.25) is 5.02 Å². The van der Waals surface area contributed by atoms with E-state index in [9.17, 15) is 4.79 Å². The van der Waals surface area contributed by atoms with Crippen LogP contribution < -0.4 is 0 Å². The van der Waals surface area contributed by atoms with E-state index in [4.69, 9.17) is 16.3 Å². The number of alkyl halides is 1. The number of carbonyl (C=O) groups excluding carboxylic acids is 1. The van der Waals surface area contributed by atoms with Gasteiger partial charge in [-0.25, -0.2) is 4.79 Å². The molecule has 1 aromatic rings. The summed E-state index contributed by atoms with van der Waals surface area (Å²) >= 11 is 9.26. The topological polar surface area (TPSA) is 26.3 Å². The molecule has 0 aliphatic rings. The van der Waals surface area contributed by atoms with Crippen molar-refractivity contribution in [3.8, 4) is 0 Å². The van der Waals surface area contributed by atoms with Gasteiger partial charge in [-0.3, -0.25) is 0 Å². The SMILES string of the molecule is CCOC(=O)/C=C/c1cc(Cl)ccc1CBr. The second kappa shape index (κ2) is 6.71. The van der Waals surface area contributed by atoms with Crippen LogP contribution in [0.25, 0.3) is 6.08 Å². The summed E-state index contributed by atoms with van der Waals surface area (Å²) in [6, 6.07) is 5.55. The molecule has 0 bridgehead atoms. The molecular weight excluding hydrogens is 291 g/mol. The van der Waals surface area contributed by atoms with Gasteiger partial charge in [0.25, 0.3) is 0 Å². The van der Waals surface area contributed by atoms with Gasteiger partial charge in [0.2, 0.25) is 0 Å². The summed E-state index contributed by atoms with van der Waals surface area (Å²) in [5.41, 5.74) is 1.99. The van der Waals surface area contributed by atoms with Gasteiger partial charge in [0.15, 0.2) is 0 Å². The largest absolute Gasteiger partial charge is 0.463 e. The van der Waals surface area contributed by atoms with E-state index in [1.165, 1.54) is 6.08 Å². The van der Waals surface area contributed by atoms with Gasteiger partial charge in [-0.2, -0.15) is 0 Å². The Morgan fingerprint density at radius 3 is 2.94 bits per heavy atom. The van der Waals surface area contributed by atoms with E-state index in [-0.39, 0.29) is 5.97 Å². The minimum absolute atomic E-state index is 0.344. The summed E-state index contributed by atoms with van der Waals surface area (Å²) in [6.45, 7) is 2.15. The summed E-state index contributed by atoms with van der Waals surface area (Å²) in [4.78, 5) is 11.1. The number of ether oxygens (including phenoxy) is 1. The lowest BCUT2D eigenvalue weighted by Gasteiger charge is -2.02. The molecule has 2 nitrogen and oxygen atoms in total. The summed E-state index contributed by atoms with van der Waals surface area (Å²) in [6.07, 6.45) is 3.11. The van der Waals surface area contributed by atoms with Crippen molar-refractivity contribution in [2.75, 3.05) is 6.61 Å². The van der Waals surface area contributed by atoms with E-state index in [1.807, 2.05) is 18.2 Å². The minimum Gasteiger partial charge on any atom is -0.463 e. The predicted octanol–water partition coefficient (Wildman–Crippen LogP) is 3.81. The Morgan fingerprint density at radius 2 is 2.31 bits per heavy atom. The standard InChI is InChI=1S/C12H12BrClO2/c1-2-16-12(15)6-4-9-7-11(14)5-3-10(9)8-13/h3-7H,2,8H2,1H3/b6-4+. The smallest absolute Gasteiger partial charge is 0.330 e. The van der Waals surface area contributed by atoms with Crippen LogP contribution in [0.1, 0.15) is 18.1 Å². The third-order valence-electron chi connectivity index (χ3n) is 1.94. The molecule has 1 rings (SSSR count). The highest BCUT2D eigenvalue weighted by atomic mass is 79.9. The summed E-state index contributed by atoms with van der Waals surface area (Å²) < 4.78 is 4.80. The van der Waals surface area contributed by atoms with E-state index in [0.717, 1.165) is 11.1 Å². The van der Waals surface area contributed by atoms with Gasteiger partial charge >= 0.3 is 5.97 Å². The predicted molar refractivity (Wildman–Crippen MR) is 69.8 cm³/mol. The highest BCUT2D eigenvalue weighted by Crippen LogP contribution is 2.19. The van der Waals surface area contributed by atoms with E-state index >= 15 is 0 Å². The molecule has 0 radical (unpaired) electrons. The van der Waals surface area contributed by atoms with Crippen molar-refractivity contribution in [2.24, 2.45) is 0 Å². The van der Waals surface area contributed by atoms with Gasteiger partial charge < -0.3 is 4.74 Å². The zero-order valence-corrected chi connectivity index (χ0v) is 11.2. The fourth-order valence-corrected chi connectivity index (χ4v) is 1.88. The van der Waals surface area contributed by atoms with Crippen LogP contribution in [0, 0.1) is 0 Å². The Morgan fingerprint density at radius 1 is 1.56 bits per heavy atom. The number of rotatable bonds is 4. The van der Waals surface area contributed by atoms with Crippen LogP contribution in [0.4, 0.5) is 0 Å². The first-order valence-corrected chi connectivity index (χ1v) is 6.36. The molecule has 1 aromatic carbocycles. The molecule has 0 atom stereocenters. The molecule has 86 valence electrons. The van der Waals surface area contributed by atoms with Crippen molar-refractivity contribution in [3.05, 3.63) is 40.4 Å². The quantitative estimate of drug-likeness (QED) is 0.480. The first kappa shape index (κ1) is 13.3. The summed E-state index contributed by atoms with van der Waals surface area (Å²) in [7, 11) is 0. The van der Waals surface area contributed by atoms with Gasteiger partial charge in [-0.05, 0) is 36.3 Å². The Labute approximate surface area is 108 Å². The van der Waals surface area contributed by atoms with Crippen LogP contribution in [0.15, 0.2) is 24.3 Å². The van der Waals surface area contributed by atoms with Crippen LogP contribution in [-0.2, 0) is 14.9 Å². The molecule has 4 heteroatoms. The van der Waals surface area contributed by atoms with Crippen molar-refractivity contribution in [1.82, 2.24) is 0 Å². The fourth-order valence-electron chi connectivity index (χ4n) is 1.19. The molecule has 0 aromatic heterocycles. The first-order valence-electron chi connectivity index (χ1n) is 4.86. The maximum Gasteiger partial charge on any atom is 0.330 e. The number of halogens is 2. The molecule has 0 N–H and O–H groups in total. The molecule has 0 unspecified atom stereocenters. The Balaban J connectivity index is 2.86. The molecule has 16 heavy (non-hydrogen) atoms. The zero-order chi connectivity index (χ0) is 12.0. The molecule has 0 aliphatic heterocycles. The summed E-state index contributed by atoms with van der Waals surface area (Å²) in [5.74, 6) is -0.344. The maximum absolute atomic E-state index is 11.1. The van der Waals surface area contributed by atoms with E-state index in [1.54, 1.807) is 13.0 Å². The Hall–Kier alpha value is -0.800. The first-order chi connectivity index (χ1) is 7.67. The average Bonchev–Trinajstić information content (AvgIpc) is 2.27. The van der Waals surface area contributed by atoms with Gasteiger partial charge in [0.05, 0.1) is 6.61 Å². The highest BCUT2D eigenvalue weighted by Gasteiger charge is 2.00. The lowest BCUT2D eigenvalue weighted by Crippen LogP contribution is -1.98. The molecular formula is C12H12BrClO2. The van der Waals surface area contributed by atoms with E-state index < -0.39 is 0 Å². The molecule has 0 spiro atoms. The number of benzene rings is 1. The third-order valence-corrected chi connectivity index (χ3v) is 2.78. The molecule has 0 amide bonds. The van der Waals surface area contributed by atoms with Crippen LogP contribution >= 0.6 is 27.5 Å². The Kier molecular flexibility index (Phi) is 5.56. The van der Waals surface area contributed by atoms with Crippen molar-refractivity contribution in [2.45, 2.75) is 12.3 Å². The lowest BCUT2D eigenvalue weighted by molar-refractivity contribution is -0.137. The van der Waals surface area contributed by atoms with E-state index in [0.29, 0.717) is 17.0 Å². The Bertz CT molecular complexity index is 402. The van der Waals surface area contributed by atoms with Gasteiger partial charge in [-0.15, -0.1) is 0 Å². The molecule has 0 fully saturated rings. The normalized spacial score (nSPS) is 10.7. The maximum atomic E-state index is 11.1. The van der Waals surface area contributed by atoms with Crippen LogP contribution in [0.5, 0.6) is 0 Å². The molecule has 0 saturated carbocycles. The second-order valence-corrected chi connectivity index (χ2v) is 4.06. The lowest BCUT2D eigenvalue weighted by atomic mass is 10.1. The summed E-state index contributed by atoms with van der Waals surface area (Å²) in [5, 5.41) is 1.36. The van der Waals surface area contributed by atoms with Crippen LogP contribution in [0.3, 0.4) is 0 Å². The monoisotopic (exact) mass is 302 g/mol. The van der Waals surface area contributed by atoms with Crippen LogP contribution in [-0.4, -0.2) is 12.6 Å². The molecule has 0 heterocycles. The fraction of sp³-hybridized carbons (Fsp3) is 0.250. The molecule has 0 saturated heterocycles. The highest BCUT2D eigenvalue weighted by molar-refractivity contribution is 9.08. The van der Waals surface area contributed by atoms with Gasteiger partial charge in [0, 0.05) is 16.4 Å². The second-order valence-electron chi connectivity index (χ2n) is 3.06. The van der Waals surface area contributed by atoms with Gasteiger partial charge in [0.1, 0.15) is 0 Å². The number of hydrogen-bond acceptors (Lipinski definition) is 2.